The lowest BCUT2D eigenvalue weighted by molar-refractivity contribution is -0.0941. The van der Waals surface area contributed by atoms with Crippen LogP contribution in [0.2, 0.25) is 0 Å². The Bertz CT molecular complexity index is 854. The third-order valence-corrected chi connectivity index (χ3v) is 4.64. The fourth-order valence-corrected chi connectivity index (χ4v) is 3.24. The summed E-state index contributed by atoms with van der Waals surface area (Å²) in [5.74, 6) is 0. The van der Waals surface area contributed by atoms with Gasteiger partial charge in [-0.3, -0.25) is 0 Å². The zero-order chi connectivity index (χ0) is 18.6. The number of rotatable bonds is 5. The predicted molar refractivity (Wildman–Crippen MR) is 101 cm³/mol. The minimum absolute atomic E-state index is 0.0667. The van der Waals surface area contributed by atoms with Crippen LogP contribution in [0.3, 0.4) is 0 Å². The number of benzene rings is 2. The van der Waals surface area contributed by atoms with Gasteiger partial charge in [-0.05, 0) is 47.8 Å². The Morgan fingerprint density at radius 1 is 1.12 bits per heavy atom. The molecule has 1 atom stereocenters. The molecule has 0 aliphatic heterocycles. The van der Waals surface area contributed by atoms with E-state index in [2.05, 4.69) is 36.5 Å². The van der Waals surface area contributed by atoms with Gasteiger partial charge in [0.2, 0.25) is 0 Å². The van der Waals surface area contributed by atoms with Gasteiger partial charge < -0.3 is 5.32 Å². The molecule has 1 N–H and O–H groups in total. The Hall–Kier alpha value is -2.33. The highest BCUT2D eigenvalue weighted by Gasteiger charge is 2.33. The SMILES string of the molecule is CC(NCC=CC1=CCCC(C(F)(F)F)=C1)c1cccc2ccccc12. The molecule has 2 aromatic rings. The first-order chi connectivity index (χ1) is 12.4. The van der Waals surface area contributed by atoms with E-state index in [0.29, 0.717) is 18.5 Å². The topological polar surface area (TPSA) is 12.0 Å². The molecule has 1 aliphatic rings. The van der Waals surface area contributed by atoms with E-state index in [1.807, 2.05) is 30.4 Å². The van der Waals surface area contributed by atoms with Crippen molar-refractivity contribution in [2.75, 3.05) is 6.54 Å². The maximum atomic E-state index is 12.8. The molecule has 0 spiro atoms. The average molecular weight is 357 g/mol. The Labute approximate surface area is 151 Å². The number of fused-ring (bicyclic) bond motifs is 1. The maximum Gasteiger partial charge on any atom is 0.412 e. The first-order valence-corrected chi connectivity index (χ1v) is 8.80. The Morgan fingerprint density at radius 2 is 1.88 bits per heavy atom. The maximum absolute atomic E-state index is 12.8. The Morgan fingerprint density at radius 3 is 2.69 bits per heavy atom. The van der Waals surface area contributed by atoms with E-state index in [1.54, 1.807) is 6.08 Å². The van der Waals surface area contributed by atoms with Crippen molar-refractivity contribution in [1.29, 1.82) is 0 Å². The van der Waals surface area contributed by atoms with E-state index < -0.39 is 11.7 Å². The summed E-state index contributed by atoms with van der Waals surface area (Å²) in [6, 6.07) is 14.6. The molecular weight excluding hydrogens is 335 g/mol. The van der Waals surface area contributed by atoms with Crippen molar-refractivity contribution in [1.82, 2.24) is 5.32 Å². The van der Waals surface area contributed by atoms with Crippen LogP contribution in [-0.2, 0) is 0 Å². The van der Waals surface area contributed by atoms with Crippen LogP contribution in [0.1, 0.15) is 31.4 Å². The Kier molecular flexibility index (Phi) is 5.62. The van der Waals surface area contributed by atoms with Gasteiger partial charge in [0.1, 0.15) is 0 Å². The summed E-state index contributed by atoms with van der Waals surface area (Å²) in [5, 5.41) is 5.83. The molecular formula is C22H22F3N. The van der Waals surface area contributed by atoms with Gasteiger partial charge in [-0.1, -0.05) is 60.7 Å². The monoisotopic (exact) mass is 357 g/mol. The quantitative estimate of drug-likeness (QED) is 0.666. The molecule has 2 aromatic carbocycles. The molecule has 0 fully saturated rings. The zero-order valence-electron chi connectivity index (χ0n) is 14.7. The summed E-state index contributed by atoms with van der Waals surface area (Å²) < 4.78 is 38.4. The number of halogens is 3. The summed E-state index contributed by atoms with van der Waals surface area (Å²) in [4.78, 5) is 0. The molecule has 0 bridgehead atoms. The van der Waals surface area contributed by atoms with Gasteiger partial charge in [0, 0.05) is 18.2 Å². The highest BCUT2D eigenvalue weighted by Crippen LogP contribution is 2.33. The first kappa shape index (κ1) is 18.5. The number of allylic oxidation sites excluding steroid dienone is 5. The first-order valence-electron chi connectivity index (χ1n) is 8.80. The number of hydrogen-bond donors (Lipinski definition) is 1. The largest absolute Gasteiger partial charge is 0.412 e. The minimum Gasteiger partial charge on any atom is -0.307 e. The van der Waals surface area contributed by atoms with Crippen molar-refractivity contribution in [3.8, 4) is 0 Å². The average Bonchev–Trinajstić information content (AvgIpc) is 2.64. The fourth-order valence-electron chi connectivity index (χ4n) is 3.24. The fraction of sp³-hybridized carbons (Fsp3) is 0.273. The van der Waals surface area contributed by atoms with Crippen LogP contribution < -0.4 is 5.32 Å². The van der Waals surface area contributed by atoms with Crippen LogP contribution in [0.4, 0.5) is 13.2 Å². The second-order valence-electron chi connectivity index (χ2n) is 6.51. The molecule has 1 aliphatic carbocycles. The Balaban J connectivity index is 1.62. The van der Waals surface area contributed by atoms with E-state index in [0.717, 1.165) is 0 Å². The second kappa shape index (κ2) is 7.92. The summed E-state index contributed by atoms with van der Waals surface area (Å²) in [6.07, 6.45) is 3.00. The molecule has 0 saturated heterocycles. The van der Waals surface area contributed by atoms with Crippen molar-refractivity contribution in [3.63, 3.8) is 0 Å². The van der Waals surface area contributed by atoms with Gasteiger partial charge in [0.15, 0.2) is 0 Å². The minimum atomic E-state index is -4.23. The van der Waals surface area contributed by atoms with Gasteiger partial charge in [0.25, 0.3) is 0 Å². The van der Waals surface area contributed by atoms with E-state index in [9.17, 15) is 13.2 Å². The molecule has 0 radical (unpaired) electrons. The molecule has 0 saturated carbocycles. The highest BCUT2D eigenvalue weighted by atomic mass is 19.4. The summed E-state index contributed by atoms with van der Waals surface area (Å²) >= 11 is 0. The lowest BCUT2D eigenvalue weighted by atomic mass is 9.98. The van der Waals surface area contributed by atoms with Crippen LogP contribution in [0.25, 0.3) is 10.8 Å². The molecule has 136 valence electrons. The van der Waals surface area contributed by atoms with Crippen LogP contribution in [0.5, 0.6) is 0 Å². The lowest BCUT2D eigenvalue weighted by Crippen LogP contribution is -2.18. The predicted octanol–water partition coefficient (Wildman–Crippen LogP) is 6.26. The smallest absolute Gasteiger partial charge is 0.307 e. The molecule has 0 amide bonds. The normalized spacial score (nSPS) is 16.6. The zero-order valence-corrected chi connectivity index (χ0v) is 14.7. The van der Waals surface area contributed by atoms with Gasteiger partial charge in [0.05, 0.1) is 0 Å². The molecule has 0 aromatic heterocycles. The molecule has 4 heteroatoms. The van der Waals surface area contributed by atoms with Crippen LogP contribution in [0.15, 0.2) is 77.9 Å². The van der Waals surface area contributed by atoms with Crippen molar-refractivity contribution in [3.05, 3.63) is 83.5 Å². The standard InChI is InChI=1S/C22H22F3N/c1-16(20-13-5-10-18-9-2-3-12-21(18)20)26-14-6-8-17-7-4-11-19(15-17)22(23,24)25/h2-3,5-10,12-13,15-16,26H,4,11,14H2,1H3. The lowest BCUT2D eigenvalue weighted by Gasteiger charge is -2.16. The van der Waals surface area contributed by atoms with E-state index >= 15 is 0 Å². The number of nitrogens with one attached hydrogen (secondary N) is 1. The molecule has 1 nitrogen and oxygen atoms in total. The van der Waals surface area contributed by atoms with Gasteiger partial charge in [-0.25, -0.2) is 0 Å². The molecule has 3 rings (SSSR count). The number of alkyl halides is 3. The van der Waals surface area contributed by atoms with Gasteiger partial charge in [-0.15, -0.1) is 0 Å². The third kappa shape index (κ3) is 4.44. The van der Waals surface area contributed by atoms with Crippen molar-refractivity contribution in [2.24, 2.45) is 0 Å². The van der Waals surface area contributed by atoms with Crippen LogP contribution >= 0.6 is 0 Å². The number of hydrogen-bond acceptors (Lipinski definition) is 1. The van der Waals surface area contributed by atoms with Crippen LogP contribution in [-0.4, -0.2) is 12.7 Å². The van der Waals surface area contributed by atoms with Gasteiger partial charge in [-0.2, -0.15) is 13.2 Å². The van der Waals surface area contributed by atoms with Gasteiger partial charge >= 0.3 is 6.18 Å². The highest BCUT2D eigenvalue weighted by molar-refractivity contribution is 5.86. The third-order valence-electron chi connectivity index (χ3n) is 4.64. The van der Waals surface area contributed by atoms with E-state index in [-0.39, 0.29) is 12.5 Å². The van der Waals surface area contributed by atoms with Crippen molar-refractivity contribution >= 4 is 10.8 Å². The van der Waals surface area contributed by atoms with Crippen molar-refractivity contribution < 1.29 is 13.2 Å². The molecule has 26 heavy (non-hydrogen) atoms. The van der Waals surface area contributed by atoms with Crippen molar-refractivity contribution in [2.45, 2.75) is 32.0 Å². The molecule has 1 unspecified atom stereocenters. The van der Waals surface area contributed by atoms with Crippen LogP contribution in [0, 0.1) is 0 Å². The molecule has 0 heterocycles. The van der Waals surface area contributed by atoms with E-state index in [1.165, 1.54) is 22.4 Å². The second-order valence-corrected chi connectivity index (χ2v) is 6.51. The summed E-state index contributed by atoms with van der Waals surface area (Å²) in [6.45, 7) is 2.69. The summed E-state index contributed by atoms with van der Waals surface area (Å²) in [5.41, 5.74) is 1.40. The van der Waals surface area contributed by atoms with E-state index in [4.69, 9.17) is 0 Å². The summed E-state index contributed by atoms with van der Waals surface area (Å²) in [7, 11) is 0.